The Morgan fingerprint density at radius 3 is 2.36 bits per heavy atom. The van der Waals surface area contributed by atoms with Gasteiger partial charge in [0.2, 0.25) is 0 Å². The molecule has 1 aromatic heterocycles. The number of fused-ring (bicyclic) bond motifs is 1. The van der Waals surface area contributed by atoms with Crippen LogP contribution in [0.5, 0.6) is 23.0 Å². The lowest BCUT2D eigenvalue weighted by Gasteiger charge is -2.11. The molecule has 0 bridgehead atoms. The number of carbonyl (C=O) groups excluding carboxylic acids is 1. The number of rotatable bonds is 8. The van der Waals surface area contributed by atoms with E-state index in [1.807, 2.05) is 0 Å². The predicted octanol–water partition coefficient (Wildman–Crippen LogP) is 5.70. The van der Waals surface area contributed by atoms with Crippen LogP contribution in [-0.4, -0.2) is 36.8 Å². The summed E-state index contributed by atoms with van der Waals surface area (Å²) >= 11 is 0. The molecular weight excluding hydrogens is 481 g/mol. The molecule has 0 radical (unpaired) electrons. The first-order valence-electron chi connectivity index (χ1n) is 10.5. The number of benzene rings is 3. The van der Waals surface area contributed by atoms with Crippen molar-refractivity contribution in [1.82, 2.24) is 10.2 Å². The summed E-state index contributed by atoms with van der Waals surface area (Å²) in [5.74, 6) is 1.45. The minimum atomic E-state index is -4.77. The van der Waals surface area contributed by atoms with Crippen molar-refractivity contribution in [1.29, 1.82) is 0 Å². The largest absolute Gasteiger partial charge is 0.573 e. The molecule has 4 aromatic rings. The van der Waals surface area contributed by atoms with E-state index in [9.17, 15) is 18.0 Å². The number of amides is 2. The number of nitrogens with zero attached hydrogens (tertiary/aromatic N) is 1. The number of aromatic amines is 1. The number of nitrogens with one attached hydrogen (secondary N) is 3. The zero-order valence-corrected chi connectivity index (χ0v) is 19.1. The fourth-order valence-electron chi connectivity index (χ4n) is 3.33. The standard InChI is InChI=1S/C24H21F3N4O5/c1-33-18-9-15(10-19(11-18)34-2)28-23(32)29-22-20-7-6-16(12-21(20)30-31-22)35-13-14-4-3-5-17(8-14)36-24(25,26)27/h3-12H,13H2,1-2H3,(H3,28,29,30,31,32). The molecule has 4 rings (SSSR count). The molecule has 0 aliphatic carbocycles. The highest BCUT2D eigenvalue weighted by atomic mass is 19.4. The van der Waals surface area contributed by atoms with Crippen LogP contribution >= 0.6 is 0 Å². The molecule has 9 nitrogen and oxygen atoms in total. The van der Waals surface area contributed by atoms with E-state index in [2.05, 4.69) is 25.6 Å². The Morgan fingerprint density at radius 1 is 0.917 bits per heavy atom. The van der Waals surface area contributed by atoms with Gasteiger partial charge in [0.25, 0.3) is 0 Å². The number of methoxy groups -OCH3 is 2. The van der Waals surface area contributed by atoms with Crippen molar-refractivity contribution in [2.75, 3.05) is 24.9 Å². The Morgan fingerprint density at radius 2 is 1.67 bits per heavy atom. The average Bonchev–Trinajstić information content (AvgIpc) is 3.23. The Bertz CT molecular complexity index is 1350. The van der Waals surface area contributed by atoms with E-state index < -0.39 is 12.4 Å². The fraction of sp³-hybridized carbons (Fsp3) is 0.167. The van der Waals surface area contributed by atoms with Crippen molar-refractivity contribution in [2.45, 2.75) is 13.0 Å². The maximum atomic E-state index is 12.5. The van der Waals surface area contributed by atoms with Crippen LogP contribution in [0.25, 0.3) is 10.9 Å². The number of halogens is 3. The number of urea groups is 1. The predicted molar refractivity (Wildman–Crippen MR) is 126 cm³/mol. The van der Waals surface area contributed by atoms with Crippen LogP contribution in [0.1, 0.15) is 5.56 Å². The molecule has 2 amide bonds. The molecule has 1 heterocycles. The summed E-state index contributed by atoms with van der Waals surface area (Å²) in [7, 11) is 3.01. The van der Waals surface area contributed by atoms with Gasteiger partial charge in [0.1, 0.15) is 29.6 Å². The highest BCUT2D eigenvalue weighted by Gasteiger charge is 2.31. The number of alkyl halides is 3. The average molecular weight is 502 g/mol. The third-order valence-corrected chi connectivity index (χ3v) is 4.91. The van der Waals surface area contributed by atoms with Gasteiger partial charge in [-0.25, -0.2) is 4.79 Å². The number of hydrogen-bond acceptors (Lipinski definition) is 6. The normalized spacial score (nSPS) is 11.1. The van der Waals surface area contributed by atoms with E-state index in [-0.39, 0.29) is 12.4 Å². The number of H-pyrrole nitrogens is 1. The smallest absolute Gasteiger partial charge is 0.497 e. The molecular formula is C24H21F3N4O5. The monoisotopic (exact) mass is 502 g/mol. The maximum Gasteiger partial charge on any atom is 0.573 e. The van der Waals surface area contributed by atoms with Crippen molar-refractivity contribution < 1.29 is 36.9 Å². The SMILES string of the molecule is COc1cc(NC(=O)Nc2n[nH]c3cc(OCc4cccc(OC(F)(F)F)c4)ccc23)cc(OC)c1. The lowest BCUT2D eigenvalue weighted by molar-refractivity contribution is -0.274. The summed E-state index contributed by atoms with van der Waals surface area (Å²) in [6.45, 7) is 0.0201. The van der Waals surface area contributed by atoms with Crippen molar-refractivity contribution in [3.05, 3.63) is 66.2 Å². The molecule has 188 valence electrons. The lowest BCUT2D eigenvalue weighted by atomic mass is 10.2. The van der Waals surface area contributed by atoms with E-state index in [0.29, 0.717) is 45.2 Å². The molecule has 0 spiro atoms. The fourth-order valence-corrected chi connectivity index (χ4v) is 3.33. The molecule has 36 heavy (non-hydrogen) atoms. The molecule has 0 unspecified atom stereocenters. The first-order chi connectivity index (χ1) is 17.2. The molecule has 0 saturated carbocycles. The molecule has 0 aliphatic heterocycles. The van der Waals surface area contributed by atoms with E-state index in [0.717, 1.165) is 0 Å². The topological polar surface area (TPSA) is 107 Å². The van der Waals surface area contributed by atoms with Crippen LogP contribution in [0.15, 0.2) is 60.7 Å². The Kier molecular flexibility index (Phi) is 7.04. The van der Waals surface area contributed by atoms with Crippen molar-refractivity contribution in [2.24, 2.45) is 0 Å². The molecule has 0 fully saturated rings. The first-order valence-corrected chi connectivity index (χ1v) is 10.5. The third-order valence-electron chi connectivity index (χ3n) is 4.91. The summed E-state index contributed by atoms with van der Waals surface area (Å²) in [6.07, 6.45) is -4.77. The van der Waals surface area contributed by atoms with E-state index in [1.54, 1.807) is 42.5 Å². The summed E-state index contributed by atoms with van der Waals surface area (Å²) in [4.78, 5) is 12.5. The molecule has 0 aliphatic rings. The van der Waals surface area contributed by atoms with Gasteiger partial charge < -0.3 is 24.3 Å². The highest BCUT2D eigenvalue weighted by Crippen LogP contribution is 2.28. The van der Waals surface area contributed by atoms with Gasteiger partial charge in [0, 0.05) is 35.3 Å². The lowest BCUT2D eigenvalue weighted by Crippen LogP contribution is -2.19. The number of hydrogen-bond donors (Lipinski definition) is 3. The summed E-state index contributed by atoms with van der Waals surface area (Å²) in [5, 5.41) is 12.9. The zero-order chi connectivity index (χ0) is 25.7. The second-order valence-electron chi connectivity index (χ2n) is 7.44. The van der Waals surface area contributed by atoms with Gasteiger partial charge in [0.15, 0.2) is 5.82 Å². The highest BCUT2D eigenvalue weighted by molar-refractivity contribution is 6.04. The minimum absolute atomic E-state index is 0.0201. The van der Waals surface area contributed by atoms with Crippen LogP contribution in [0.2, 0.25) is 0 Å². The Balaban J connectivity index is 1.40. The van der Waals surface area contributed by atoms with E-state index in [4.69, 9.17) is 14.2 Å². The first kappa shape index (κ1) is 24.5. The number of carbonyl (C=O) groups is 1. The van der Waals surface area contributed by atoms with Crippen LogP contribution in [0.4, 0.5) is 29.5 Å². The number of ether oxygens (including phenoxy) is 4. The number of aromatic nitrogens is 2. The molecule has 3 aromatic carbocycles. The Hall–Kier alpha value is -4.61. The van der Waals surface area contributed by atoms with Crippen LogP contribution in [0.3, 0.4) is 0 Å². The van der Waals surface area contributed by atoms with Crippen LogP contribution in [-0.2, 0) is 6.61 Å². The second-order valence-corrected chi connectivity index (χ2v) is 7.44. The second kappa shape index (κ2) is 10.3. The van der Waals surface area contributed by atoms with Gasteiger partial charge in [0.05, 0.1) is 19.7 Å². The van der Waals surface area contributed by atoms with Gasteiger partial charge in [-0.1, -0.05) is 12.1 Å². The van der Waals surface area contributed by atoms with Crippen molar-refractivity contribution >= 4 is 28.4 Å². The van der Waals surface area contributed by atoms with E-state index in [1.165, 1.54) is 32.4 Å². The molecule has 3 N–H and O–H groups in total. The molecule has 12 heteroatoms. The van der Waals surface area contributed by atoms with E-state index >= 15 is 0 Å². The zero-order valence-electron chi connectivity index (χ0n) is 19.1. The van der Waals surface area contributed by atoms with Gasteiger partial charge in [-0.15, -0.1) is 13.2 Å². The maximum absolute atomic E-state index is 12.5. The molecule has 0 atom stereocenters. The quantitative estimate of drug-likeness (QED) is 0.285. The van der Waals surface area contributed by atoms with Gasteiger partial charge in [-0.05, 0) is 29.8 Å². The van der Waals surface area contributed by atoms with Crippen molar-refractivity contribution in [3.8, 4) is 23.0 Å². The summed E-state index contributed by atoms with van der Waals surface area (Å²) in [6, 6.07) is 15.0. The van der Waals surface area contributed by atoms with Crippen LogP contribution < -0.4 is 29.6 Å². The molecule has 0 saturated heterocycles. The number of anilines is 2. The van der Waals surface area contributed by atoms with Gasteiger partial charge in [-0.2, -0.15) is 5.10 Å². The third kappa shape index (κ3) is 6.29. The summed E-state index contributed by atoms with van der Waals surface area (Å²) in [5.41, 5.74) is 1.54. The van der Waals surface area contributed by atoms with Gasteiger partial charge >= 0.3 is 12.4 Å². The summed E-state index contributed by atoms with van der Waals surface area (Å²) < 4.78 is 57.3. The van der Waals surface area contributed by atoms with Crippen molar-refractivity contribution in [3.63, 3.8) is 0 Å². The van der Waals surface area contributed by atoms with Gasteiger partial charge in [-0.3, -0.25) is 10.4 Å². The minimum Gasteiger partial charge on any atom is -0.497 e. The van der Waals surface area contributed by atoms with Crippen LogP contribution in [0, 0.1) is 0 Å². The Labute approximate surface area is 203 Å².